The van der Waals surface area contributed by atoms with Crippen LogP contribution in [0.4, 0.5) is 0 Å². The molecule has 1 aliphatic rings. The van der Waals surface area contributed by atoms with Gasteiger partial charge in [-0.25, -0.2) is 4.52 Å². The average molecular weight is 445 g/mol. The third-order valence-corrected chi connectivity index (χ3v) is 5.53. The molecule has 4 aromatic rings. The summed E-state index contributed by atoms with van der Waals surface area (Å²) in [6, 6.07) is 14.4. The van der Waals surface area contributed by atoms with Crippen molar-refractivity contribution in [2.24, 2.45) is 0 Å². The van der Waals surface area contributed by atoms with Gasteiger partial charge in [-0.1, -0.05) is 25.5 Å². The van der Waals surface area contributed by atoms with Gasteiger partial charge in [0.05, 0.1) is 18.8 Å². The Morgan fingerprint density at radius 3 is 2.82 bits per heavy atom. The van der Waals surface area contributed by atoms with Crippen LogP contribution in [0, 0.1) is 0 Å². The van der Waals surface area contributed by atoms with E-state index in [1.807, 2.05) is 24.3 Å². The number of carbonyl (C=O) groups is 1. The summed E-state index contributed by atoms with van der Waals surface area (Å²) >= 11 is 0. The number of carbonyl (C=O) groups excluding carboxylic acids is 1. The molecule has 0 atom stereocenters. The summed E-state index contributed by atoms with van der Waals surface area (Å²) in [5.74, 6) is 1.67. The monoisotopic (exact) mass is 445 g/mol. The zero-order chi connectivity index (χ0) is 22.8. The smallest absolute Gasteiger partial charge is 0.277 e. The molecule has 1 aliphatic heterocycles. The van der Waals surface area contributed by atoms with E-state index < -0.39 is 0 Å². The molecular formula is C25H23N3O5. The minimum absolute atomic E-state index is 0.0911. The zero-order valence-corrected chi connectivity index (χ0v) is 18.2. The van der Waals surface area contributed by atoms with Gasteiger partial charge in [-0.05, 0) is 42.8 Å². The predicted octanol–water partition coefficient (Wildman–Crippen LogP) is 3.95. The van der Waals surface area contributed by atoms with Crippen molar-refractivity contribution in [3.8, 4) is 28.5 Å². The van der Waals surface area contributed by atoms with Gasteiger partial charge in [-0.15, -0.1) is 0 Å². The van der Waals surface area contributed by atoms with Gasteiger partial charge in [-0.2, -0.15) is 5.10 Å². The van der Waals surface area contributed by atoms with Crippen molar-refractivity contribution in [2.45, 2.75) is 26.3 Å². The van der Waals surface area contributed by atoms with Crippen LogP contribution in [0.2, 0.25) is 0 Å². The number of rotatable bonds is 8. The molecular weight excluding hydrogens is 422 g/mol. The van der Waals surface area contributed by atoms with E-state index in [0.29, 0.717) is 34.9 Å². The lowest BCUT2D eigenvalue weighted by Crippen LogP contribution is -2.25. The molecule has 8 nitrogen and oxygen atoms in total. The van der Waals surface area contributed by atoms with E-state index in [1.165, 1.54) is 9.08 Å². The van der Waals surface area contributed by atoms with Crippen LogP contribution >= 0.6 is 0 Å². The Morgan fingerprint density at radius 2 is 1.94 bits per heavy atom. The lowest BCUT2D eigenvalue weighted by atomic mass is 10.1. The molecule has 0 aliphatic carbocycles. The Bertz CT molecular complexity index is 1390. The Morgan fingerprint density at radius 1 is 1.09 bits per heavy atom. The van der Waals surface area contributed by atoms with Crippen molar-refractivity contribution in [1.82, 2.24) is 14.2 Å². The maximum atomic E-state index is 13.1. The molecule has 0 fully saturated rings. The molecule has 5 rings (SSSR count). The summed E-state index contributed by atoms with van der Waals surface area (Å²) in [5, 5.41) is 4.56. The van der Waals surface area contributed by atoms with Crippen LogP contribution in [-0.2, 0) is 6.54 Å². The van der Waals surface area contributed by atoms with Crippen LogP contribution in [0.15, 0.2) is 65.7 Å². The molecule has 0 unspecified atom stereocenters. The number of benzene rings is 2. The van der Waals surface area contributed by atoms with Crippen molar-refractivity contribution in [2.75, 3.05) is 13.4 Å². The van der Waals surface area contributed by atoms with Gasteiger partial charge in [0.25, 0.3) is 5.56 Å². The molecule has 0 N–H and O–H groups in total. The van der Waals surface area contributed by atoms with Crippen molar-refractivity contribution in [3.63, 3.8) is 0 Å². The van der Waals surface area contributed by atoms with Crippen molar-refractivity contribution >= 4 is 11.3 Å². The standard InChI is InChI=1S/C25H23N3O5/c1-2-3-12-31-22-7-5-4-6-18(22)19-14-20-25(30)27(10-11-28(20)26-19)15-21(29)17-8-9-23-24(13-17)33-16-32-23/h4-11,13-14H,2-3,12,15-16H2,1H3. The Kier molecular flexibility index (Phi) is 5.56. The summed E-state index contributed by atoms with van der Waals surface area (Å²) in [5.41, 5.74) is 2.00. The van der Waals surface area contributed by atoms with E-state index in [-0.39, 0.29) is 24.7 Å². The van der Waals surface area contributed by atoms with Crippen molar-refractivity contribution < 1.29 is 19.0 Å². The summed E-state index contributed by atoms with van der Waals surface area (Å²) < 4.78 is 19.5. The van der Waals surface area contributed by atoms with E-state index >= 15 is 0 Å². The SMILES string of the molecule is CCCCOc1ccccc1-c1cc2c(=O)n(CC(=O)c3ccc4c(c3)OCO4)ccn2n1. The first-order valence-electron chi connectivity index (χ1n) is 10.9. The van der Waals surface area contributed by atoms with Gasteiger partial charge in [0.1, 0.15) is 11.3 Å². The molecule has 0 saturated carbocycles. The predicted molar refractivity (Wildman–Crippen MR) is 122 cm³/mol. The number of Topliss-reactive ketones (excluding diaryl/α,β-unsaturated/α-hetero) is 1. The van der Waals surface area contributed by atoms with Crippen LogP contribution in [0.5, 0.6) is 17.2 Å². The minimum atomic E-state index is -0.297. The third-order valence-electron chi connectivity index (χ3n) is 5.53. The maximum absolute atomic E-state index is 13.1. The van der Waals surface area contributed by atoms with E-state index in [9.17, 15) is 9.59 Å². The summed E-state index contributed by atoms with van der Waals surface area (Å²) in [7, 11) is 0. The highest BCUT2D eigenvalue weighted by molar-refractivity contribution is 5.96. The highest BCUT2D eigenvalue weighted by Crippen LogP contribution is 2.33. The number of ether oxygens (including phenoxy) is 3. The van der Waals surface area contributed by atoms with Gasteiger partial charge in [0.2, 0.25) is 6.79 Å². The largest absolute Gasteiger partial charge is 0.493 e. The molecule has 168 valence electrons. The van der Waals surface area contributed by atoms with Gasteiger partial charge in [-0.3, -0.25) is 9.59 Å². The number of ketones is 1. The third kappa shape index (κ3) is 4.07. The highest BCUT2D eigenvalue weighted by Gasteiger charge is 2.18. The number of hydrogen-bond acceptors (Lipinski definition) is 6. The minimum Gasteiger partial charge on any atom is -0.493 e. The molecule has 0 saturated heterocycles. The number of para-hydroxylation sites is 1. The number of aromatic nitrogens is 3. The lowest BCUT2D eigenvalue weighted by Gasteiger charge is -2.09. The first-order chi connectivity index (χ1) is 16.1. The first kappa shape index (κ1) is 20.8. The second-order valence-electron chi connectivity index (χ2n) is 7.78. The van der Waals surface area contributed by atoms with Crippen LogP contribution in [-0.4, -0.2) is 33.4 Å². The second kappa shape index (κ2) is 8.82. The Balaban J connectivity index is 1.43. The molecule has 33 heavy (non-hydrogen) atoms. The number of nitrogens with zero attached hydrogens (tertiary/aromatic N) is 3. The molecule has 2 aromatic heterocycles. The molecule has 2 aromatic carbocycles. The van der Waals surface area contributed by atoms with E-state index in [4.69, 9.17) is 14.2 Å². The second-order valence-corrected chi connectivity index (χ2v) is 7.78. The summed E-state index contributed by atoms with van der Waals surface area (Å²) in [4.78, 5) is 25.9. The highest BCUT2D eigenvalue weighted by atomic mass is 16.7. The normalized spacial score (nSPS) is 12.3. The van der Waals surface area contributed by atoms with Gasteiger partial charge in [0, 0.05) is 23.5 Å². The summed E-state index contributed by atoms with van der Waals surface area (Å²) in [6.45, 7) is 2.78. The lowest BCUT2D eigenvalue weighted by molar-refractivity contribution is 0.0970. The average Bonchev–Trinajstić information content (AvgIpc) is 3.48. The van der Waals surface area contributed by atoms with Gasteiger partial charge < -0.3 is 18.8 Å². The molecule has 8 heteroatoms. The molecule has 0 spiro atoms. The van der Waals surface area contributed by atoms with Gasteiger partial charge in [0.15, 0.2) is 17.3 Å². The van der Waals surface area contributed by atoms with Crippen LogP contribution < -0.4 is 19.8 Å². The maximum Gasteiger partial charge on any atom is 0.277 e. The molecule has 0 amide bonds. The van der Waals surface area contributed by atoms with E-state index in [1.54, 1.807) is 36.7 Å². The Labute approximate surface area is 189 Å². The van der Waals surface area contributed by atoms with Crippen molar-refractivity contribution in [3.05, 3.63) is 76.8 Å². The zero-order valence-electron chi connectivity index (χ0n) is 18.2. The first-order valence-corrected chi connectivity index (χ1v) is 10.9. The number of hydrogen-bond donors (Lipinski definition) is 0. The van der Waals surface area contributed by atoms with Crippen LogP contribution in [0.1, 0.15) is 30.1 Å². The fraction of sp³-hybridized carbons (Fsp3) is 0.240. The van der Waals surface area contributed by atoms with Crippen molar-refractivity contribution in [1.29, 1.82) is 0 Å². The summed E-state index contributed by atoms with van der Waals surface area (Å²) in [6.07, 6.45) is 5.25. The van der Waals surface area contributed by atoms with E-state index in [2.05, 4.69) is 12.0 Å². The quantitative estimate of drug-likeness (QED) is 0.302. The Hall–Kier alpha value is -4.07. The molecule has 0 radical (unpaired) electrons. The molecule has 0 bridgehead atoms. The fourth-order valence-electron chi connectivity index (χ4n) is 3.73. The number of unbranched alkanes of at least 4 members (excludes halogenated alkanes) is 1. The molecule has 3 heterocycles. The van der Waals surface area contributed by atoms with Crippen LogP contribution in [0.3, 0.4) is 0 Å². The van der Waals surface area contributed by atoms with Crippen LogP contribution in [0.25, 0.3) is 16.8 Å². The van der Waals surface area contributed by atoms with E-state index in [0.717, 1.165) is 24.2 Å². The van der Waals surface area contributed by atoms with Gasteiger partial charge >= 0.3 is 0 Å². The fourth-order valence-corrected chi connectivity index (χ4v) is 3.73. The topological polar surface area (TPSA) is 84.1 Å². The number of fused-ring (bicyclic) bond motifs is 2.